The van der Waals surface area contributed by atoms with Crippen molar-refractivity contribution in [3.05, 3.63) is 69.8 Å². The van der Waals surface area contributed by atoms with Gasteiger partial charge in [0.1, 0.15) is 5.15 Å². The van der Waals surface area contributed by atoms with Crippen molar-refractivity contribution in [3.63, 3.8) is 0 Å². The summed E-state index contributed by atoms with van der Waals surface area (Å²) in [6, 6.07) is 17.7. The summed E-state index contributed by atoms with van der Waals surface area (Å²) in [6.45, 7) is 0. The zero-order chi connectivity index (χ0) is 14.8. The topological polar surface area (TPSA) is 17.8 Å². The van der Waals surface area contributed by atoms with Crippen LogP contribution in [0.1, 0.15) is 5.56 Å². The second kappa shape index (κ2) is 6.22. The molecular formula is C16H11BrCl2N2. The number of benzene rings is 2. The molecule has 0 atom stereocenters. The first-order chi connectivity index (χ1) is 10.2. The molecule has 0 amide bonds. The van der Waals surface area contributed by atoms with Gasteiger partial charge in [0.15, 0.2) is 0 Å². The number of alkyl halides is 1. The number of rotatable bonds is 3. The zero-order valence-corrected chi connectivity index (χ0v) is 14.0. The number of halogens is 3. The van der Waals surface area contributed by atoms with Gasteiger partial charge in [-0.2, -0.15) is 5.10 Å². The van der Waals surface area contributed by atoms with Gasteiger partial charge in [0.05, 0.1) is 17.3 Å². The van der Waals surface area contributed by atoms with E-state index in [4.69, 9.17) is 23.2 Å². The van der Waals surface area contributed by atoms with Crippen molar-refractivity contribution in [2.75, 3.05) is 0 Å². The fraction of sp³-hybridized carbons (Fsp3) is 0.0625. The molecule has 0 fully saturated rings. The lowest BCUT2D eigenvalue weighted by atomic mass is 10.1. The molecule has 0 spiro atoms. The van der Waals surface area contributed by atoms with Gasteiger partial charge in [-0.25, -0.2) is 4.68 Å². The van der Waals surface area contributed by atoms with Crippen LogP contribution in [0.25, 0.3) is 16.9 Å². The summed E-state index contributed by atoms with van der Waals surface area (Å²) >= 11 is 16.0. The van der Waals surface area contributed by atoms with Gasteiger partial charge in [0, 0.05) is 15.6 Å². The second-order valence-electron chi connectivity index (χ2n) is 4.51. The molecule has 1 aromatic heterocycles. The molecule has 0 aliphatic heterocycles. The van der Waals surface area contributed by atoms with E-state index in [1.165, 1.54) is 0 Å². The predicted molar refractivity (Wildman–Crippen MR) is 91.3 cm³/mol. The molecule has 3 aromatic rings. The van der Waals surface area contributed by atoms with Crippen LogP contribution in [0.5, 0.6) is 0 Å². The molecule has 3 rings (SSSR count). The third-order valence-electron chi connectivity index (χ3n) is 3.15. The van der Waals surface area contributed by atoms with Crippen LogP contribution in [-0.2, 0) is 5.88 Å². The number of aromatic nitrogens is 2. The summed E-state index contributed by atoms with van der Waals surface area (Å²) < 4.78 is 2.69. The monoisotopic (exact) mass is 380 g/mol. The molecule has 0 aliphatic carbocycles. The van der Waals surface area contributed by atoms with Crippen molar-refractivity contribution >= 4 is 39.1 Å². The van der Waals surface area contributed by atoms with E-state index in [0.717, 1.165) is 27.0 Å². The van der Waals surface area contributed by atoms with E-state index in [2.05, 4.69) is 21.0 Å². The lowest BCUT2D eigenvalue weighted by Crippen LogP contribution is -1.96. The van der Waals surface area contributed by atoms with Crippen molar-refractivity contribution in [2.45, 2.75) is 5.88 Å². The summed E-state index contributed by atoms with van der Waals surface area (Å²) in [7, 11) is 0. The van der Waals surface area contributed by atoms with Crippen molar-refractivity contribution in [3.8, 4) is 16.9 Å². The first kappa shape index (κ1) is 14.6. The smallest absolute Gasteiger partial charge is 0.137 e. The average molecular weight is 382 g/mol. The van der Waals surface area contributed by atoms with Gasteiger partial charge in [-0.1, -0.05) is 63.9 Å². The Kier molecular flexibility index (Phi) is 4.34. The summed E-state index contributed by atoms with van der Waals surface area (Å²) in [5, 5.41) is 5.19. The number of nitrogens with zero attached hydrogens (tertiary/aromatic N) is 2. The van der Waals surface area contributed by atoms with Gasteiger partial charge in [0.25, 0.3) is 0 Å². The summed E-state index contributed by atoms with van der Waals surface area (Å²) in [4.78, 5) is 0. The molecule has 0 saturated heterocycles. The van der Waals surface area contributed by atoms with E-state index >= 15 is 0 Å². The van der Waals surface area contributed by atoms with Crippen LogP contribution < -0.4 is 0 Å². The summed E-state index contributed by atoms with van der Waals surface area (Å²) in [6.07, 6.45) is 0. The quantitative estimate of drug-likeness (QED) is 0.532. The summed E-state index contributed by atoms with van der Waals surface area (Å²) in [5.41, 5.74) is 3.55. The van der Waals surface area contributed by atoms with Crippen LogP contribution >= 0.6 is 39.1 Å². The van der Waals surface area contributed by atoms with Gasteiger partial charge < -0.3 is 0 Å². The lowest BCUT2D eigenvalue weighted by Gasteiger charge is -2.03. The molecule has 2 nitrogen and oxygen atoms in total. The Morgan fingerprint density at radius 2 is 1.81 bits per heavy atom. The van der Waals surface area contributed by atoms with Gasteiger partial charge in [-0.05, 0) is 18.2 Å². The normalized spacial score (nSPS) is 10.8. The highest BCUT2D eigenvalue weighted by atomic mass is 79.9. The van der Waals surface area contributed by atoms with Crippen LogP contribution in [0.15, 0.2) is 59.1 Å². The lowest BCUT2D eigenvalue weighted by molar-refractivity contribution is 0.884. The highest BCUT2D eigenvalue weighted by molar-refractivity contribution is 9.10. The van der Waals surface area contributed by atoms with E-state index < -0.39 is 0 Å². The van der Waals surface area contributed by atoms with Crippen LogP contribution in [0.3, 0.4) is 0 Å². The maximum atomic E-state index is 6.47. The Bertz CT molecular complexity index is 769. The van der Waals surface area contributed by atoms with Crippen LogP contribution in [0, 0.1) is 0 Å². The molecular weight excluding hydrogens is 371 g/mol. The maximum absolute atomic E-state index is 6.47. The molecule has 2 aromatic carbocycles. The standard InChI is InChI=1S/C16H11BrCl2N2/c17-12-7-4-8-13(9-12)21-16(19)14(10-18)15(20-21)11-5-2-1-3-6-11/h1-9H,10H2. The second-order valence-corrected chi connectivity index (χ2v) is 6.05. The van der Waals surface area contributed by atoms with E-state index in [1.807, 2.05) is 54.6 Å². The Morgan fingerprint density at radius 3 is 2.48 bits per heavy atom. The fourth-order valence-corrected chi connectivity index (χ4v) is 3.16. The first-order valence-electron chi connectivity index (χ1n) is 6.35. The molecule has 0 bridgehead atoms. The molecule has 5 heteroatoms. The molecule has 0 unspecified atom stereocenters. The van der Waals surface area contributed by atoms with Crippen LogP contribution in [-0.4, -0.2) is 9.78 Å². The fourth-order valence-electron chi connectivity index (χ4n) is 2.16. The molecule has 0 N–H and O–H groups in total. The van der Waals surface area contributed by atoms with Gasteiger partial charge >= 0.3 is 0 Å². The van der Waals surface area contributed by atoms with Crippen molar-refractivity contribution in [1.82, 2.24) is 9.78 Å². The zero-order valence-electron chi connectivity index (χ0n) is 10.9. The predicted octanol–water partition coefficient (Wildman–Crippen LogP) is 5.69. The minimum atomic E-state index is 0.317. The van der Waals surface area contributed by atoms with Crippen LogP contribution in [0.2, 0.25) is 5.15 Å². The molecule has 0 radical (unpaired) electrons. The maximum Gasteiger partial charge on any atom is 0.137 e. The van der Waals surface area contributed by atoms with Crippen molar-refractivity contribution in [2.24, 2.45) is 0 Å². The molecule has 0 saturated carbocycles. The minimum absolute atomic E-state index is 0.317. The Balaban J connectivity index is 2.18. The van der Waals surface area contributed by atoms with E-state index in [1.54, 1.807) is 4.68 Å². The van der Waals surface area contributed by atoms with Crippen molar-refractivity contribution < 1.29 is 0 Å². The SMILES string of the molecule is ClCc1c(-c2ccccc2)nn(-c2cccc(Br)c2)c1Cl. The van der Waals surface area contributed by atoms with E-state index in [9.17, 15) is 0 Å². The van der Waals surface area contributed by atoms with E-state index in [0.29, 0.717) is 11.0 Å². The van der Waals surface area contributed by atoms with Gasteiger partial charge in [-0.15, -0.1) is 11.6 Å². The van der Waals surface area contributed by atoms with Gasteiger partial charge in [-0.3, -0.25) is 0 Å². The summed E-state index contributed by atoms with van der Waals surface area (Å²) in [5.74, 6) is 0.317. The number of hydrogen-bond donors (Lipinski definition) is 0. The Morgan fingerprint density at radius 1 is 1.05 bits per heavy atom. The largest absolute Gasteiger partial charge is 0.221 e. The van der Waals surface area contributed by atoms with Crippen molar-refractivity contribution in [1.29, 1.82) is 0 Å². The molecule has 21 heavy (non-hydrogen) atoms. The third kappa shape index (κ3) is 2.86. The Hall–Kier alpha value is -1.29. The molecule has 1 heterocycles. The molecule has 106 valence electrons. The van der Waals surface area contributed by atoms with Gasteiger partial charge in [0.2, 0.25) is 0 Å². The van der Waals surface area contributed by atoms with E-state index in [-0.39, 0.29) is 0 Å². The highest BCUT2D eigenvalue weighted by Gasteiger charge is 2.17. The van der Waals surface area contributed by atoms with Crippen LogP contribution in [0.4, 0.5) is 0 Å². The number of hydrogen-bond acceptors (Lipinski definition) is 1. The molecule has 0 aliphatic rings. The average Bonchev–Trinajstić information content (AvgIpc) is 2.85. The third-order valence-corrected chi connectivity index (χ3v) is 4.30. The Labute approximate surface area is 141 Å². The minimum Gasteiger partial charge on any atom is -0.221 e. The highest BCUT2D eigenvalue weighted by Crippen LogP contribution is 2.32. The first-order valence-corrected chi connectivity index (χ1v) is 8.06.